The van der Waals surface area contributed by atoms with E-state index in [4.69, 9.17) is 20.8 Å². The van der Waals surface area contributed by atoms with Crippen LogP contribution in [0.15, 0.2) is 83.3 Å². The Morgan fingerprint density at radius 2 is 1.68 bits per heavy atom. The number of hydrogen-bond acceptors (Lipinski definition) is 5. The second-order valence-electron chi connectivity index (χ2n) is 7.07. The molecule has 0 unspecified atom stereocenters. The van der Waals surface area contributed by atoms with Gasteiger partial charge in [-0.25, -0.2) is 0 Å². The number of rotatable bonds is 7. The lowest BCUT2D eigenvalue weighted by atomic mass is 10.2. The van der Waals surface area contributed by atoms with Gasteiger partial charge in [-0.2, -0.15) is 10.2 Å². The van der Waals surface area contributed by atoms with Crippen LogP contribution in [0.5, 0.6) is 5.75 Å². The average Bonchev–Trinajstić information content (AvgIpc) is 3.24. The zero-order valence-electron chi connectivity index (χ0n) is 17.0. The summed E-state index contributed by atoms with van der Waals surface area (Å²) >= 11 is 5.91. The van der Waals surface area contributed by atoms with Crippen molar-refractivity contribution >= 4 is 17.5 Å². The van der Waals surface area contributed by atoms with E-state index in [-0.39, 0.29) is 5.69 Å². The minimum absolute atomic E-state index is 0.261. The Bertz CT molecular complexity index is 1180. The van der Waals surface area contributed by atoms with Crippen LogP contribution in [-0.2, 0) is 13.2 Å². The van der Waals surface area contributed by atoms with Gasteiger partial charge in [-0.3, -0.25) is 0 Å². The molecule has 0 spiro atoms. The highest BCUT2D eigenvalue weighted by atomic mass is 35.5. The summed E-state index contributed by atoms with van der Waals surface area (Å²) in [6.07, 6.45) is 0. The van der Waals surface area contributed by atoms with Gasteiger partial charge in [0.1, 0.15) is 18.4 Å². The molecule has 0 saturated carbocycles. The van der Waals surface area contributed by atoms with E-state index in [1.54, 1.807) is 0 Å². The van der Waals surface area contributed by atoms with Crippen LogP contribution in [0.25, 0.3) is 11.5 Å². The molecule has 5 nitrogen and oxygen atoms in total. The molecule has 6 heteroatoms. The molecule has 0 fully saturated rings. The predicted octanol–water partition coefficient (Wildman–Crippen LogP) is 6.08. The highest BCUT2D eigenvalue weighted by Crippen LogP contribution is 2.29. The number of halogens is 1. The first-order chi connectivity index (χ1) is 15.1. The van der Waals surface area contributed by atoms with Crippen molar-refractivity contribution in [1.29, 1.82) is 5.26 Å². The fraction of sp³-hybridized carbons (Fsp3) is 0.120. The number of nitriles is 1. The van der Waals surface area contributed by atoms with Crippen molar-refractivity contribution < 1.29 is 9.15 Å². The van der Waals surface area contributed by atoms with Gasteiger partial charge in [-0.15, -0.1) is 0 Å². The maximum absolute atomic E-state index is 9.51. The van der Waals surface area contributed by atoms with E-state index < -0.39 is 0 Å². The normalized spacial score (nSPS) is 10.5. The lowest BCUT2D eigenvalue weighted by molar-refractivity contribution is 0.306. The van der Waals surface area contributed by atoms with Crippen molar-refractivity contribution in [3.63, 3.8) is 0 Å². The number of benzene rings is 3. The Kier molecular flexibility index (Phi) is 6.21. The second kappa shape index (κ2) is 9.38. The molecule has 31 heavy (non-hydrogen) atoms. The third-order valence-corrected chi connectivity index (χ3v) is 5.00. The first kappa shape index (κ1) is 20.5. The van der Waals surface area contributed by atoms with Crippen molar-refractivity contribution in [2.45, 2.75) is 13.2 Å². The van der Waals surface area contributed by atoms with E-state index in [1.807, 2.05) is 90.8 Å². The minimum atomic E-state index is 0.261. The van der Waals surface area contributed by atoms with Crippen molar-refractivity contribution in [2.24, 2.45) is 0 Å². The summed E-state index contributed by atoms with van der Waals surface area (Å²) in [5.74, 6) is 1.58. The van der Waals surface area contributed by atoms with E-state index in [0.717, 1.165) is 22.4 Å². The van der Waals surface area contributed by atoms with Gasteiger partial charge < -0.3 is 14.1 Å². The lowest BCUT2D eigenvalue weighted by Crippen LogP contribution is -2.16. The Morgan fingerprint density at radius 1 is 0.968 bits per heavy atom. The van der Waals surface area contributed by atoms with E-state index in [0.29, 0.717) is 29.9 Å². The van der Waals surface area contributed by atoms with E-state index in [9.17, 15) is 5.26 Å². The minimum Gasteiger partial charge on any atom is -0.489 e. The summed E-state index contributed by atoms with van der Waals surface area (Å²) < 4.78 is 11.8. The van der Waals surface area contributed by atoms with Crippen molar-refractivity contribution in [3.8, 4) is 23.3 Å². The van der Waals surface area contributed by atoms with Gasteiger partial charge in [0.15, 0.2) is 0 Å². The summed E-state index contributed by atoms with van der Waals surface area (Å²) in [5, 5.41) is 10.2. The maximum Gasteiger partial charge on any atom is 0.235 e. The summed E-state index contributed by atoms with van der Waals surface area (Å²) in [6, 6.07) is 27.1. The molecule has 0 aliphatic heterocycles. The van der Waals surface area contributed by atoms with Crippen LogP contribution < -0.4 is 9.64 Å². The number of anilines is 1. The molecule has 1 aromatic heterocycles. The van der Waals surface area contributed by atoms with Crippen molar-refractivity contribution in [2.75, 3.05) is 11.9 Å². The van der Waals surface area contributed by atoms with Crippen LogP contribution in [0, 0.1) is 11.3 Å². The number of oxazole rings is 1. The van der Waals surface area contributed by atoms with Gasteiger partial charge >= 0.3 is 0 Å². The molecule has 0 N–H and O–H groups in total. The molecule has 3 aromatic carbocycles. The van der Waals surface area contributed by atoms with Crippen LogP contribution in [-0.4, -0.2) is 12.0 Å². The molecule has 154 valence electrons. The second-order valence-corrected chi connectivity index (χ2v) is 7.50. The fourth-order valence-electron chi connectivity index (χ4n) is 3.14. The van der Waals surface area contributed by atoms with Crippen LogP contribution in [0.2, 0.25) is 5.02 Å². The third kappa shape index (κ3) is 5.06. The number of hydrogen-bond donors (Lipinski definition) is 0. The maximum atomic E-state index is 9.51. The molecule has 4 aromatic rings. The molecule has 0 amide bonds. The van der Waals surface area contributed by atoms with Crippen molar-refractivity contribution in [3.05, 3.63) is 101 Å². The van der Waals surface area contributed by atoms with Crippen LogP contribution >= 0.6 is 11.6 Å². The molecule has 0 atom stereocenters. The van der Waals surface area contributed by atoms with E-state index in [2.05, 4.69) is 11.1 Å². The van der Waals surface area contributed by atoms with Gasteiger partial charge in [-0.1, -0.05) is 54.1 Å². The molecular weight excluding hydrogens is 410 g/mol. The number of nitrogens with zero attached hydrogens (tertiary/aromatic N) is 3. The van der Waals surface area contributed by atoms with E-state index >= 15 is 0 Å². The monoisotopic (exact) mass is 429 g/mol. The van der Waals surface area contributed by atoms with Crippen molar-refractivity contribution in [1.82, 2.24) is 4.98 Å². The Balaban J connectivity index is 1.46. The Hall–Kier alpha value is -3.75. The first-order valence-electron chi connectivity index (χ1n) is 9.76. The molecule has 0 radical (unpaired) electrons. The molecule has 0 bridgehead atoms. The third-order valence-electron chi connectivity index (χ3n) is 4.74. The molecule has 4 rings (SSSR count). The molecule has 0 aliphatic carbocycles. The topological polar surface area (TPSA) is 62.3 Å². The van der Waals surface area contributed by atoms with Gasteiger partial charge in [0.2, 0.25) is 17.5 Å². The first-order valence-corrected chi connectivity index (χ1v) is 10.1. The predicted molar refractivity (Wildman–Crippen MR) is 121 cm³/mol. The summed E-state index contributed by atoms with van der Waals surface area (Å²) in [5.41, 5.74) is 3.19. The molecule has 1 heterocycles. The average molecular weight is 430 g/mol. The van der Waals surface area contributed by atoms with Gasteiger partial charge in [0, 0.05) is 24.2 Å². The van der Waals surface area contributed by atoms with E-state index in [1.165, 1.54) is 0 Å². The van der Waals surface area contributed by atoms with Crippen LogP contribution in [0.3, 0.4) is 0 Å². The SMILES string of the molecule is CN(Cc1ccccc1)c1oc(-c2ccc(OCc3ccc(Cl)cc3)cc2)nc1C#N. The van der Waals surface area contributed by atoms with Crippen LogP contribution in [0.4, 0.5) is 5.88 Å². The summed E-state index contributed by atoms with van der Waals surface area (Å²) in [4.78, 5) is 6.25. The standard InChI is InChI=1S/C25H20ClN3O2/c1-29(16-18-5-3-2-4-6-18)25-23(15-27)28-24(31-25)20-9-13-22(14-10-20)30-17-19-7-11-21(26)12-8-19/h2-14H,16-17H2,1H3. The fourth-order valence-corrected chi connectivity index (χ4v) is 3.26. The smallest absolute Gasteiger partial charge is 0.235 e. The van der Waals surface area contributed by atoms with Gasteiger partial charge in [0.05, 0.1) is 0 Å². The highest BCUT2D eigenvalue weighted by molar-refractivity contribution is 6.30. The van der Waals surface area contributed by atoms with Crippen LogP contribution in [0.1, 0.15) is 16.8 Å². The number of aromatic nitrogens is 1. The Labute approximate surface area is 186 Å². The summed E-state index contributed by atoms with van der Waals surface area (Å²) in [7, 11) is 1.88. The lowest BCUT2D eigenvalue weighted by Gasteiger charge is -2.15. The van der Waals surface area contributed by atoms with Gasteiger partial charge in [-0.05, 0) is 47.5 Å². The largest absolute Gasteiger partial charge is 0.489 e. The molecule has 0 aliphatic rings. The highest BCUT2D eigenvalue weighted by Gasteiger charge is 2.18. The zero-order chi connectivity index (χ0) is 21.6. The quantitative estimate of drug-likeness (QED) is 0.356. The Morgan fingerprint density at radius 3 is 2.35 bits per heavy atom. The zero-order valence-corrected chi connectivity index (χ0v) is 17.7. The van der Waals surface area contributed by atoms with Gasteiger partial charge in [0.25, 0.3) is 0 Å². The molecular formula is C25H20ClN3O2. The summed E-state index contributed by atoms with van der Waals surface area (Å²) in [6.45, 7) is 1.06. The number of ether oxygens (including phenoxy) is 1. The molecule has 0 saturated heterocycles.